The van der Waals surface area contributed by atoms with Gasteiger partial charge in [-0.3, -0.25) is 9.10 Å². The zero-order valence-corrected chi connectivity index (χ0v) is 22.1. The first kappa shape index (κ1) is 27.2. The number of likely N-dealkylation sites (tertiary alicyclic amines) is 1. The van der Waals surface area contributed by atoms with Gasteiger partial charge in [0, 0.05) is 13.0 Å². The molecule has 1 N–H and O–H groups in total. The summed E-state index contributed by atoms with van der Waals surface area (Å²) in [5, 5.41) is 2.91. The second kappa shape index (κ2) is 11.0. The SMILES string of the molecule is O=C(NCCCN1CCCC1)[C@@H]1Cc2ccccc2N1S(=O)(=O)c1ccc(-c2ccccc2C(F)(F)F)cc1. The maximum atomic E-state index is 13.8. The lowest BCUT2D eigenvalue weighted by Gasteiger charge is -2.26. The van der Waals surface area contributed by atoms with E-state index < -0.39 is 27.8 Å². The number of para-hydroxylation sites is 1. The monoisotopic (exact) mass is 557 g/mol. The number of hydrogen-bond acceptors (Lipinski definition) is 4. The predicted molar refractivity (Wildman–Crippen MR) is 144 cm³/mol. The Kier molecular flexibility index (Phi) is 7.68. The Hall–Kier alpha value is -3.37. The smallest absolute Gasteiger partial charge is 0.354 e. The minimum Gasteiger partial charge on any atom is -0.354 e. The lowest BCUT2D eigenvalue weighted by molar-refractivity contribution is -0.137. The molecule has 3 aromatic rings. The highest BCUT2D eigenvalue weighted by atomic mass is 32.2. The molecule has 206 valence electrons. The zero-order valence-electron chi connectivity index (χ0n) is 21.3. The summed E-state index contributed by atoms with van der Waals surface area (Å²) in [5.74, 6) is -0.369. The fraction of sp³-hybridized carbons (Fsp3) is 0.345. The molecule has 0 radical (unpaired) electrons. The molecule has 2 heterocycles. The number of nitrogens with zero attached hydrogens (tertiary/aromatic N) is 2. The Balaban J connectivity index is 1.38. The molecule has 0 spiro atoms. The first-order chi connectivity index (χ1) is 18.7. The van der Waals surface area contributed by atoms with Crippen molar-refractivity contribution in [3.63, 3.8) is 0 Å². The second-order valence-electron chi connectivity index (χ2n) is 9.91. The van der Waals surface area contributed by atoms with E-state index in [0.717, 1.165) is 42.0 Å². The van der Waals surface area contributed by atoms with Gasteiger partial charge in [0.05, 0.1) is 16.1 Å². The maximum Gasteiger partial charge on any atom is 0.417 e. The third-order valence-corrected chi connectivity index (χ3v) is 9.17. The van der Waals surface area contributed by atoms with Crippen molar-refractivity contribution < 1.29 is 26.4 Å². The molecule has 0 aliphatic carbocycles. The van der Waals surface area contributed by atoms with Crippen LogP contribution in [0.4, 0.5) is 18.9 Å². The third-order valence-electron chi connectivity index (χ3n) is 7.33. The lowest BCUT2D eigenvalue weighted by atomic mass is 9.99. The first-order valence-electron chi connectivity index (χ1n) is 13.1. The van der Waals surface area contributed by atoms with Crippen LogP contribution >= 0.6 is 0 Å². The fourth-order valence-electron chi connectivity index (χ4n) is 5.39. The number of benzene rings is 3. The average Bonchev–Trinajstić information content (AvgIpc) is 3.59. The Morgan fingerprint density at radius 1 is 0.923 bits per heavy atom. The van der Waals surface area contributed by atoms with E-state index in [0.29, 0.717) is 12.2 Å². The van der Waals surface area contributed by atoms with Crippen molar-refractivity contribution in [1.82, 2.24) is 10.2 Å². The van der Waals surface area contributed by atoms with E-state index in [4.69, 9.17) is 0 Å². The second-order valence-corrected chi connectivity index (χ2v) is 11.7. The quantitative estimate of drug-likeness (QED) is 0.392. The summed E-state index contributed by atoms with van der Waals surface area (Å²) in [6.07, 6.45) is -1.15. The Bertz CT molecular complexity index is 1440. The van der Waals surface area contributed by atoms with E-state index in [-0.39, 0.29) is 28.4 Å². The topological polar surface area (TPSA) is 69.7 Å². The van der Waals surface area contributed by atoms with Crippen molar-refractivity contribution in [3.8, 4) is 11.1 Å². The summed E-state index contributed by atoms with van der Waals surface area (Å²) in [5.41, 5.74) is 0.591. The molecule has 0 saturated carbocycles. The minimum absolute atomic E-state index is 0.0355. The van der Waals surface area contributed by atoms with Crippen molar-refractivity contribution in [2.45, 2.75) is 42.8 Å². The number of halogens is 3. The molecular weight excluding hydrogens is 527 g/mol. The van der Waals surface area contributed by atoms with Gasteiger partial charge in [0.1, 0.15) is 6.04 Å². The first-order valence-corrected chi connectivity index (χ1v) is 14.5. The molecule has 2 aliphatic heterocycles. The van der Waals surface area contributed by atoms with Crippen LogP contribution in [-0.2, 0) is 27.4 Å². The molecule has 10 heteroatoms. The van der Waals surface area contributed by atoms with Gasteiger partial charge in [-0.2, -0.15) is 13.2 Å². The van der Waals surface area contributed by atoms with Gasteiger partial charge in [0.25, 0.3) is 10.0 Å². The highest BCUT2D eigenvalue weighted by Crippen LogP contribution is 2.39. The number of alkyl halides is 3. The molecule has 0 unspecified atom stereocenters. The molecule has 1 saturated heterocycles. The zero-order chi connectivity index (χ0) is 27.6. The molecule has 39 heavy (non-hydrogen) atoms. The van der Waals surface area contributed by atoms with E-state index in [2.05, 4.69) is 10.2 Å². The standard InChI is InChI=1S/C29H30F3N3O3S/c30-29(31,32)25-10-3-2-9-24(25)21-12-14-23(15-13-21)39(37,38)35-26-11-4-1-8-22(26)20-27(35)28(36)33-16-7-19-34-17-5-6-18-34/h1-4,8-15,27H,5-7,16-20H2,(H,33,36)/t27-/m0/s1. The van der Waals surface area contributed by atoms with Gasteiger partial charge in [-0.25, -0.2) is 8.42 Å². The fourth-order valence-corrected chi connectivity index (χ4v) is 7.04. The van der Waals surface area contributed by atoms with Gasteiger partial charge in [-0.15, -0.1) is 0 Å². The van der Waals surface area contributed by atoms with E-state index in [1.54, 1.807) is 24.3 Å². The summed E-state index contributed by atoms with van der Waals surface area (Å²) in [6.45, 7) is 3.47. The number of fused-ring (bicyclic) bond motifs is 1. The van der Waals surface area contributed by atoms with Crippen LogP contribution in [0.5, 0.6) is 0 Å². The number of amides is 1. The molecule has 1 amide bonds. The number of hydrogen-bond donors (Lipinski definition) is 1. The molecule has 1 atom stereocenters. The Morgan fingerprint density at radius 2 is 1.59 bits per heavy atom. The van der Waals surface area contributed by atoms with Crippen LogP contribution < -0.4 is 9.62 Å². The molecule has 1 fully saturated rings. The number of sulfonamides is 1. The normalized spacial score (nSPS) is 17.8. The molecule has 0 bridgehead atoms. The summed E-state index contributed by atoms with van der Waals surface area (Å²) in [4.78, 5) is 15.5. The lowest BCUT2D eigenvalue weighted by Crippen LogP contribution is -2.48. The summed E-state index contributed by atoms with van der Waals surface area (Å²) < 4.78 is 69.4. The Labute approximate surface area is 226 Å². The van der Waals surface area contributed by atoms with Gasteiger partial charge in [0.15, 0.2) is 0 Å². The van der Waals surface area contributed by atoms with Crippen LogP contribution in [0.3, 0.4) is 0 Å². The van der Waals surface area contributed by atoms with Crippen LogP contribution in [0.2, 0.25) is 0 Å². The number of rotatable bonds is 8. The maximum absolute atomic E-state index is 13.8. The van der Waals surface area contributed by atoms with Gasteiger partial charge in [-0.05, 0) is 79.9 Å². The van der Waals surface area contributed by atoms with Gasteiger partial charge < -0.3 is 10.2 Å². The van der Waals surface area contributed by atoms with Crippen molar-refractivity contribution in [3.05, 3.63) is 83.9 Å². The van der Waals surface area contributed by atoms with Crippen molar-refractivity contribution in [2.75, 3.05) is 30.5 Å². The summed E-state index contributed by atoms with van der Waals surface area (Å²) in [7, 11) is -4.19. The van der Waals surface area contributed by atoms with Gasteiger partial charge >= 0.3 is 6.18 Å². The molecular formula is C29H30F3N3O3S. The van der Waals surface area contributed by atoms with Crippen molar-refractivity contribution >= 4 is 21.6 Å². The summed E-state index contributed by atoms with van der Waals surface area (Å²) in [6, 6.07) is 16.5. The minimum atomic E-state index is -4.55. The van der Waals surface area contributed by atoms with Crippen LogP contribution in [0.25, 0.3) is 11.1 Å². The number of carbonyl (C=O) groups is 1. The summed E-state index contributed by atoms with van der Waals surface area (Å²) >= 11 is 0. The van der Waals surface area contributed by atoms with Crippen LogP contribution in [0.1, 0.15) is 30.4 Å². The van der Waals surface area contributed by atoms with E-state index in [9.17, 15) is 26.4 Å². The molecule has 3 aromatic carbocycles. The third kappa shape index (κ3) is 5.67. The predicted octanol–water partition coefficient (Wildman–Crippen LogP) is 5.09. The molecule has 6 nitrogen and oxygen atoms in total. The highest BCUT2D eigenvalue weighted by Gasteiger charge is 2.42. The highest BCUT2D eigenvalue weighted by molar-refractivity contribution is 7.93. The number of anilines is 1. The van der Waals surface area contributed by atoms with Crippen LogP contribution in [0.15, 0.2) is 77.7 Å². The van der Waals surface area contributed by atoms with E-state index in [1.807, 2.05) is 0 Å². The van der Waals surface area contributed by atoms with E-state index in [1.165, 1.54) is 55.3 Å². The van der Waals surface area contributed by atoms with E-state index >= 15 is 0 Å². The number of nitrogens with one attached hydrogen (secondary N) is 1. The Morgan fingerprint density at radius 3 is 2.31 bits per heavy atom. The molecule has 5 rings (SSSR count). The van der Waals surface area contributed by atoms with Gasteiger partial charge in [0.2, 0.25) is 5.91 Å². The molecule has 2 aliphatic rings. The molecule has 0 aromatic heterocycles. The number of carbonyl (C=O) groups excluding carboxylic acids is 1. The van der Waals surface area contributed by atoms with Gasteiger partial charge in [-0.1, -0.05) is 48.5 Å². The van der Waals surface area contributed by atoms with Crippen LogP contribution in [0, 0.1) is 0 Å². The van der Waals surface area contributed by atoms with Crippen molar-refractivity contribution in [2.24, 2.45) is 0 Å². The average molecular weight is 558 g/mol. The van der Waals surface area contributed by atoms with Crippen molar-refractivity contribution in [1.29, 1.82) is 0 Å². The van der Waals surface area contributed by atoms with Crippen LogP contribution in [-0.4, -0.2) is 51.4 Å². The largest absolute Gasteiger partial charge is 0.417 e.